The third-order valence-corrected chi connectivity index (χ3v) is 5.55. The van der Waals surface area contributed by atoms with E-state index in [9.17, 15) is 18.8 Å². The van der Waals surface area contributed by atoms with Gasteiger partial charge in [-0.25, -0.2) is 4.39 Å². The van der Waals surface area contributed by atoms with Crippen LogP contribution < -0.4 is 15.5 Å². The van der Waals surface area contributed by atoms with E-state index in [1.165, 1.54) is 36.8 Å². The lowest BCUT2D eigenvalue weighted by Crippen LogP contribution is -2.49. The monoisotopic (exact) mass is 453 g/mol. The van der Waals surface area contributed by atoms with Gasteiger partial charge < -0.3 is 19.5 Å². The van der Waals surface area contributed by atoms with Gasteiger partial charge in [-0.05, 0) is 49.2 Å². The Morgan fingerprint density at radius 3 is 2.39 bits per heavy atom. The molecule has 0 aliphatic heterocycles. The molecule has 3 amide bonds. The van der Waals surface area contributed by atoms with E-state index < -0.39 is 36.1 Å². The molecule has 3 aromatic rings. The maximum absolute atomic E-state index is 14.8. The van der Waals surface area contributed by atoms with E-state index in [1.54, 1.807) is 24.3 Å². The molecule has 2 heterocycles. The van der Waals surface area contributed by atoms with Gasteiger partial charge in [0.2, 0.25) is 5.91 Å². The number of para-hydroxylation sites is 1. The Morgan fingerprint density at radius 2 is 1.73 bits per heavy atom. The van der Waals surface area contributed by atoms with Gasteiger partial charge >= 0.3 is 0 Å². The molecule has 1 fully saturated rings. The van der Waals surface area contributed by atoms with E-state index in [2.05, 4.69) is 10.6 Å². The van der Waals surface area contributed by atoms with Crippen LogP contribution in [-0.4, -0.2) is 30.3 Å². The molecule has 172 valence electrons. The van der Waals surface area contributed by atoms with Crippen LogP contribution in [0, 0.1) is 5.82 Å². The van der Waals surface area contributed by atoms with Crippen molar-refractivity contribution < 1.29 is 27.6 Å². The summed E-state index contributed by atoms with van der Waals surface area (Å²) in [5.41, 5.74) is -0.0993. The minimum absolute atomic E-state index is 0.0220. The van der Waals surface area contributed by atoms with Gasteiger partial charge in [-0.1, -0.05) is 25.0 Å². The van der Waals surface area contributed by atoms with Crippen molar-refractivity contribution in [2.24, 2.45) is 0 Å². The van der Waals surface area contributed by atoms with E-state index in [0.717, 1.165) is 30.6 Å². The third-order valence-electron chi connectivity index (χ3n) is 5.55. The van der Waals surface area contributed by atoms with Crippen LogP contribution in [0.4, 0.5) is 10.1 Å². The number of furan rings is 2. The lowest BCUT2D eigenvalue weighted by Gasteiger charge is -2.31. The molecule has 1 atom stereocenters. The Morgan fingerprint density at radius 1 is 1.00 bits per heavy atom. The van der Waals surface area contributed by atoms with Crippen LogP contribution in [0.5, 0.6) is 0 Å². The minimum atomic E-state index is -1.26. The predicted molar refractivity (Wildman–Crippen MR) is 117 cm³/mol. The number of carbonyl (C=O) groups excluding carboxylic acids is 3. The number of benzene rings is 1. The first-order valence-electron chi connectivity index (χ1n) is 10.8. The van der Waals surface area contributed by atoms with Gasteiger partial charge in [0.05, 0.1) is 24.8 Å². The summed E-state index contributed by atoms with van der Waals surface area (Å²) in [6.45, 7) is -0.484. The van der Waals surface area contributed by atoms with E-state index in [-0.39, 0.29) is 23.2 Å². The number of nitrogens with zero attached hydrogens (tertiary/aromatic N) is 1. The van der Waals surface area contributed by atoms with Crippen LogP contribution in [-0.2, 0) is 9.59 Å². The molecular formula is C24H24FN3O5. The highest BCUT2D eigenvalue weighted by atomic mass is 19.1. The maximum atomic E-state index is 14.8. The molecule has 8 nitrogen and oxygen atoms in total. The molecule has 0 saturated heterocycles. The first-order chi connectivity index (χ1) is 16.0. The van der Waals surface area contributed by atoms with Gasteiger partial charge in [0.1, 0.15) is 11.6 Å². The molecular weight excluding hydrogens is 429 g/mol. The van der Waals surface area contributed by atoms with Gasteiger partial charge in [-0.2, -0.15) is 0 Å². The number of rotatable bonds is 8. The first kappa shape index (κ1) is 22.3. The molecule has 1 aromatic carbocycles. The number of carbonyl (C=O) groups is 3. The fourth-order valence-electron chi connectivity index (χ4n) is 3.97. The molecule has 9 heteroatoms. The largest absolute Gasteiger partial charge is 0.467 e. The Labute approximate surface area is 189 Å². The molecule has 0 radical (unpaired) electrons. The van der Waals surface area contributed by atoms with Gasteiger partial charge in [0, 0.05) is 6.04 Å². The fraction of sp³-hybridized carbons (Fsp3) is 0.292. The summed E-state index contributed by atoms with van der Waals surface area (Å²) < 4.78 is 25.3. The lowest BCUT2D eigenvalue weighted by atomic mass is 10.1. The molecule has 1 aliphatic rings. The average molecular weight is 453 g/mol. The van der Waals surface area contributed by atoms with Crippen molar-refractivity contribution in [1.82, 2.24) is 10.6 Å². The summed E-state index contributed by atoms with van der Waals surface area (Å²) in [7, 11) is 0. The Kier molecular flexibility index (Phi) is 6.87. The van der Waals surface area contributed by atoms with E-state index in [1.807, 2.05) is 0 Å². The molecule has 0 spiro atoms. The average Bonchev–Trinajstić information content (AvgIpc) is 3.59. The molecule has 2 aromatic heterocycles. The van der Waals surface area contributed by atoms with Crippen molar-refractivity contribution in [2.75, 3.05) is 11.4 Å². The zero-order chi connectivity index (χ0) is 23.2. The summed E-state index contributed by atoms with van der Waals surface area (Å²) in [5, 5.41) is 5.42. The van der Waals surface area contributed by atoms with Crippen molar-refractivity contribution >= 4 is 23.4 Å². The normalized spacial score (nSPS) is 14.6. The summed E-state index contributed by atoms with van der Waals surface area (Å²) in [6, 6.07) is 10.5. The lowest BCUT2D eigenvalue weighted by molar-refractivity contribution is -0.127. The summed E-state index contributed by atoms with van der Waals surface area (Å²) in [6.07, 6.45) is 6.40. The number of hydrogen-bond acceptors (Lipinski definition) is 5. The first-order valence-corrected chi connectivity index (χ1v) is 10.8. The SMILES string of the molecule is O=C(NCC(=O)N(c1ccccc1F)[C@H](C(=O)NC1CCCC1)c1ccco1)c1ccco1. The van der Waals surface area contributed by atoms with Crippen LogP contribution in [0.2, 0.25) is 0 Å². The molecule has 1 aliphatic carbocycles. The highest BCUT2D eigenvalue weighted by molar-refractivity contribution is 6.04. The van der Waals surface area contributed by atoms with Gasteiger partial charge in [-0.3, -0.25) is 19.3 Å². The van der Waals surface area contributed by atoms with Crippen molar-refractivity contribution in [2.45, 2.75) is 37.8 Å². The Hall–Kier alpha value is -3.88. The Balaban J connectivity index is 1.65. The number of amides is 3. The van der Waals surface area contributed by atoms with Crippen molar-refractivity contribution in [1.29, 1.82) is 0 Å². The number of anilines is 1. The molecule has 4 rings (SSSR count). The third kappa shape index (κ3) is 5.14. The molecule has 33 heavy (non-hydrogen) atoms. The fourth-order valence-corrected chi connectivity index (χ4v) is 3.97. The smallest absolute Gasteiger partial charge is 0.287 e. The molecule has 0 bridgehead atoms. The van der Waals surface area contributed by atoms with Crippen LogP contribution in [0.25, 0.3) is 0 Å². The second kappa shape index (κ2) is 10.2. The number of halogens is 1. The standard InChI is InChI=1S/C24H24FN3O5/c25-17-9-3-4-10-18(17)28(21(29)15-26-23(30)20-12-6-14-33-20)22(19-11-5-13-32-19)24(31)27-16-7-1-2-8-16/h3-6,9-14,16,22H,1-2,7-8,15H2,(H,26,30)(H,27,31)/t22-/m0/s1. The maximum Gasteiger partial charge on any atom is 0.287 e. The second-order valence-corrected chi connectivity index (χ2v) is 7.78. The minimum Gasteiger partial charge on any atom is -0.467 e. The zero-order valence-corrected chi connectivity index (χ0v) is 17.8. The van der Waals surface area contributed by atoms with Crippen LogP contribution in [0.15, 0.2) is 69.9 Å². The van der Waals surface area contributed by atoms with Crippen LogP contribution in [0.3, 0.4) is 0 Å². The van der Waals surface area contributed by atoms with E-state index in [0.29, 0.717) is 0 Å². The van der Waals surface area contributed by atoms with Crippen LogP contribution in [0.1, 0.15) is 48.0 Å². The number of hydrogen-bond donors (Lipinski definition) is 2. The summed E-state index contributed by atoms with van der Waals surface area (Å²) in [5.74, 6) is -2.25. The highest BCUT2D eigenvalue weighted by Gasteiger charge is 2.37. The second-order valence-electron chi connectivity index (χ2n) is 7.78. The summed E-state index contributed by atoms with van der Waals surface area (Å²) in [4.78, 5) is 40.0. The van der Waals surface area contributed by atoms with Crippen molar-refractivity contribution in [3.05, 3.63) is 78.4 Å². The van der Waals surface area contributed by atoms with Gasteiger partial charge in [-0.15, -0.1) is 0 Å². The molecule has 0 unspecified atom stereocenters. The van der Waals surface area contributed by atoms with Gasteiger partial charge in [0.15, 0.2) is 11.8 Å². The van der Waals surface area contributed by atoms with Gasteiger partial charge in [0.25, 0.3) is 11.8 Å². The van der Waals surface area contributed by atoms with E-state index >= 15 is 0 Å². The quantitative estimate of drug-likeness (QED) is 0.543. The van der Waals surface area contributed by atoms with E-state index in [4.69, 9.17) is 8.83 Å². The Bertz CT molecular complexity index is 1090. The van der Waals surface area contributed by atoms with Crippen molar-refractivity contribution in [3.8, 4) is 0 Å². The zero-order valence-electron chi connectivity index (χ0n) is 17.8. The number of nitrogens with one attached hydrogen (secondary N) is 2. The molecule has 2 N–H and O–H groups in total. The van der Waals surface area contributed by atoms with Crippen molar-refractivity contribution in [3.63, 3.8) is 0 Å². The molecule has 1 saturated carbocycles. The topological polar surface area (TPSA) is 105 Å². The predicted octanol–water partition coefficient (Wildman–Crippen LogP) is 3.57. The summed E-state index contributed by atoms with van der Waals surface area (Å²) >= 11 is 0. The highest BCUT2D eigenvalue weighted by Crippen LogP contribution is 2.31. The van der Waals surface area contributed by atoms with Crippen LogP contribution >= 0.6 is 0 Å².